The third-order valence-corrected chi connectivity index (χ3v) is 3.88. The molecule has 0 bridgehead atoms. The third kappa shape index (κ3) is 3.95. The second-order valence-electron chi connectivity index (χ2n) is 6.18. The van der Waals surface area contributed by atoms with Gasteiger partial charge in [0.05, 0.1) is 10.5 Å². The normalized spacial score (nSPS) is 19.2. The first kappa shape index (κ1) is 17.1. The molecule has 1 fully saturated rings. The minimum Gasteiger partial charge on any atom is -0.444 e. The van der Waals surface area contributed by atoms with Crippen molar-refractivity contribution in [2.24, 2.45) is 0 Å². The van der Waals surface area contributed by atoms with Gasteiger partial charge >= 0.3 is 6.09 Å². The number of ether oxygens (including phenoxy) is 1. The minimum atomic E-state index is -0.643. The van der Waals surface area contributed by atoms with E-state index in [2.05, 4.69) is 21.2 Å². The summed E-state index contributed by atoms with van der Waals surface area (Å²) in [5.74, 6) is -1.12. The van der Waals surface area contributed by atoms with Crippen LogP contribution in [0.3, 0.4) is 0 Å². The zero-order valence-corrected chi connectivity index (χ0v) is 14.3. The summed E-state index contributed by atoms with van der Waals surface area (Å²) in [6.07, 6.45) is -0.526. The molecule has 1 heterocycles. The number of nitrogens with one attached hydrogen (secondary N) is 1. The average molecular weight is 377 g/mol. The minimum absolute atomic E-state index is 0.0568. The summed E-state index contributed by atoms with van der Waals surface area (Å²) < 4.78 is 33.3. The van der Waals surface area contributed by atoms with Crippen LogP contribution in [0, 0.1) is 11.6 Å². The first-order valence-electron chi connectivity index (χ1n) is 7.04. The van der Waals surface area contributed by atoms with Gasteiger partial charge in [-0.15, -0.1) is 0 Å². The van der Waals surface area contributed by atoms with Gasteiger partial charge in [-0.25, -0.2) is 13.6 Å². The lowest BCUT2D eigenvalue weighted by Gasteiger charge is -2.37. The zero-order valence-electron chi connectivity index (χ0n) is 12.8. The van der Waals surface area contributed by atoms with E-state index in [-0.39, 0.29) is 10.0 Å². The molecule has 1 amide bonds. The van der Waals surface area contributed by atoms with Crippen LogP contribution >= 0.6 is 15.9 Å². The van der Waals surface area contributed by atoms with Crippen molar-refractivity contribution in [3.8, 4) is 0 Å². The fourth-order valence-corrected chi connectivity index (χ4v) is 2.63. The third-order valence-electron chi connectivity index (χ3n) is 3.27. The Morgan fingerprint density at radius 2 is 2.05 bits per heavy atom. The van der Waals surface area contributed by atoms with E-state index in [9.17, 15) is 13.6 Å². The van der Waals surface area contributed by atoms with Crippen LogP contribution < -0.4 is 5.32 Å². The molecule has 1 N–H and O–H groups in total. The number of carbonyl (C=O) groups is 1. The summed E-state index contributed by atoms with van der Waals surface area (Å²) in [4.78, 5) is 13.7. The van der Waals surface area contributed by atoms with E-state index < -0.39 is 29.4 Å². The Labute approximate surface area is 136 Å². The predicted octanol–water partition coefficient (Wildman–Crippen LogP) is 3.61. The topological polar surface area (TPSA) is 41.6 Å². The zero-order chi connectivity index (χ0) is 16.5. The van der Waals surface area contributed by atoms with Gasteiger partial charge in [-0.3, -0.25) is 4.90 Å². The van der Waals surface area contributed by atoms with Gasteiger partial charge in [0.25, 0.3) is 0 Å². The van der Waals surface area contributed by atoms with Crippen LogP contribution in [0.5, 0.6) is 0 Å². The van der Waals surface area contributed by atoms with Crippen LogP contribution in [0.1, 0.15) is 32.4 Å². The van der Waals surface area contributed by atoms with Crippen molar-refractivity contribution < 1.29 is 18.3 Å². The lowest BCUT2D eigenvalue weighted by Crippen LogP contribution is -2.50. The second-order valence-corrected chi connectivity index (χ2v) is 7.04. The van der Waals surface area contributed by atoms with E-state index in [1.807, 2.05) is 0 Å². The van der Waals surface area contributed by atoms with Crippen LogP contribution in [-0.2, 0) is 4.74 Å². The van der Waals surface area contributed by atoms with Gasteiger partial charge in [0, 0.05) is 25.2 Å². The van der Waals surface area contributed by atoms with Crippen molar-refractivity contribution in [1.82, 2.24) is 10.2 Å². The second kappa shape index (κ2) is 6.50. The highest BCUT2D eigenvalue weighted by Crippen LogP contribution is 2.29. The number of amides is 1. The van der Waals surface area contributed by atoms with E-state index in [1.165, 1.54) is 4.90 Å². The standard InChI is InChI=1S/C15H19BrF2N2O2/c1-15(2,3)22-14(21)20-5-4-19-8-13(20)9-6-12(18)10(16)7-11(9)17/h6-7,13,19H,4-5,8H2,1-3H3. The van der Waals surface area contributed by atoms with Gasteiger partial charge in [-0.05, 0) is 48.8 Å². The summed E-state index contributed by atoms with van der Waals surface area (Å²) in [6.45, 7) is 6.59. The Morgan fingerprint density at radius 3 is 2.68 bits per heavy atom. The number of halogens is 3. The van der Waals surface area contributed by atoms with Crippen molar-refractivity contribution in [3.63, 3.8) is 0 Å². The maximum absolute atomic E-state index is 14.2. The highest BCUT2D eigenvalue weighted by molar-refractivity contribution is 9.10. The predicted molar refractivity (Wildman–Crippen MR) is 82.6 cm³/mol. The van der Waals surface area contributed by atoms with Crippen molar-refractivity contribution in [2.75, 3.05) is 19.6 Å². The van der Waals surface area contributed by atoms with Gasteiger partial charge < -0.3 is 10.1 Å². The number of nitrogens with zero attached hydrogens (tertiary/aromatic N) is 1. The van der Waals surface area contributed by atoms with Crippen molar-refractivity contribution in [1.29, 1.82) is 0 Å². The Kier molecular flexibility index (Phi) is 5.07. The smallest absolute Gasteiger partial charge is 0.410 e. The van der Waals surface area contributed by atoms with Gasteiger partial charge in [0.15, 0.2) is 0 Å². The van der Waals surface area contributed by atoms with Gasteiger partial charge in [-0.2, -0.15) is 0 Å². The van der Waals surface area contributed by atoms with E-state index in [1.54, 1.807) is 20.8 Å². The molecule has 4 nitrogen and oxygen atoms in total. The Morgan fingerprint density at radius 1 is 1.36 bits per heavy atom. The van der Waals surface area contributed by atoms with Crippen molar-refractivity contribution in [3.05, 3.63) is 33.8 Å². The van der Waals surface area contributed by atoms with E-state index >= 15 is 0 Å². The first-order chi connectivity index (χ1) is 10.2. The average Bonchev–Trinajstić information content (AvgIpc) is 2.41. The molecule has 1 aromatic carbocycles. The lowest BCUT2D eigenvalue weighted by molar-refractivity contribution is 0.0114. The van der Waals surface area contributed by atoms with E-state index in [0.29, 0.717) is 19.6 Å². The number of rotatable bonds is 1. The molecule has 0 spiro atoms. The molecule has 1 saturated heterocycles. The largest absolute Gasteiger partial charge is 0.444 e. The monoisotopic (exact) mass is 376 g/mol. The summed E-state index contributed by atoms with van der Waals surface area (Å²) >= 11 is 2.95. The van der Waals surface area contributed by atoms with Crippen LogP contribution in [-0.4, -0.2) is 36.2 Å². The molecular weight excluding hydrogens is 358 g/mol. The molecular formula is C15H19BrF2N2O2. The van der Waals surface area contributed by atoms with E-state index in [4.69, 9.17) is 4.74 Å². The molecule has 0 aromatic heterocycles. The summed E-state index contributed by atoms with van der Waals surface area (Å²) in [5.41, 5.74) is -0.505. The molecule has 2 rings (SSSR count). The Hall–Kier alpha value is -1.21. The fourth-order valence-electron chi connectivity index (χ4n) is 2.31. The molecule has 22 heavy (non-hydrogen) atoms. The number of hydrogen-bond donors (Lipinski definition) is 1. The highest BCUT2D eigenvalue weighted by Gasteiger charge is 2.33. The van der Waals surface area contributed by atoms with Crippen molar-refractivity contribution in [2.45, 2.75) is 32.4 Å². The highest BCUT2D eigenvalue weighted by atomic mass is 79.9. The number of piperazine rings is 1. The maximum Gasteiger partial charge on any atom is 0.410 e. The van der Waals surface area contributed by atoms with Crippen LogP contribution in [0.2, 0.25) is 0 Å². The number of benzene rings is 1. The maximum atomic E-state index is 14.2. The fraction of sp³-hybridized carbons (Fsp3) is 0.533. The summed E-state index contributed by atoms with van der Waals surface area (Å²) in [5, 5.41) is 3.09. The van der Waals surface area contributed by atoms with Gasteiger partial charge in [0.1, 0.15) is 17.2 Å². The van der Waals surface area contributed by atoms with E-state index in [0.717, 1.165) is 12.1 Å². The first-order valence-corrected chi connectivity index (χ1v) is 7.83. The number of carbonyl (C=O) groups excluding carboxylic acids is 1. The molecule has 0 aliphatic carbocycles. The quantitative estimate of drug-likeness (QED) is 0.761. The summed E-state index contributed by atoms with van der Waals surface area (Å²) in [7, 11) is 0. The Balaban J connectivity index is 2.31. The molecule has 1 unspecified atom stereocenters. The lowest BCUT2D eigenvalue weighted by atomic mass is 10.0. The number of hydrogen-bond acceptors (Lipinski definition) is 3. The SMILES string of the molecule is CC(C)(C)OC(=O)N1CCNCC1c1cc(F)c(Br)cc1F. The van der Waals surface area contributed by atoms with Crippen LogP contribution in [0.25, 0.3) is 0 Å². The van der Waals surface area contributed by atoms with Gasteiger partial charge in [0.2, 0.25) is 0 Å². The van der Waals surface area contributed by atoms with Crippen molar-refractivity contribution >= 4 is 22.0 Å². The molecule has 122 valence electrons. The molecule has 1 aliphatic heterocycles. The molecule has 1 atom stereocenters. The molecule has 7 heteroatoms. The molecule has 1 aromatic rings. The van der Waals surface area contributed by atoms with Crippen LogP contribution in [0.4, 0.5) is 13.6 Å². The molecule has 0 saturated carbocycles. The van der Waals surface area contributed by atoms with Crippen LogP contribution in [0.15, 0.2) is 16.6 Å². The molecule has 1 aliphatic rings. The summed E-state index contributed by atoms with van der Waals surface area (Å²) in [6, 6.07) is 1.59. The van der Waals surface area contributed by atoms with Gasteiger partial charge in [-0.1, -0.05) is 0 Å². The Bertz CT molecular complexity index is 575. The molecule has 0 radical (unpaired) electrons.